The molecule has 0 fully saturated rings. The first-order valence-electron chi connectivity index (χ1n) is 5.91. The zero-order valence-corrected chi connectivity index (χ0v) is 10.8. The molecule has 2 aromatic carbocycles. The lowest BCUT2D eigenvalue weighted by Gasteiger charge is -2.08. The van der Waals surface area contributed by atoms with E-state index in [1.54, 1.807) is 43.3 Å². The number of hydrogen-bond donors (Lipinski definition) is 2. The summed E-state index contributed by atoms with van der Waals surface area (Å²) in [5, 5.41) is 24.5. The number of anilines is 1. The fourth-order valence-electron chi connectivity index (χ4n) is 1.70. The van der Waals surface area contributed by atoms with Gasteiger partial charge in [0.2, 0.25) is 0 Å². The third-order valence-corrected chi connectivity index (χ3v) is 2.74. The minimum Gasteiger partial charge on any atom is -0.691 e. The van der Waals surface area contributed by atoms with Crippen LogP contribution in [-0.2, 0) is 0 Å². The maximum atomic E-state index is 11.9. The number of rotatable bonds is 4. The summed E-state index contributed by atoms with van der Waals surface area (Å²) in [5.41, 5.74) is 3.96. The summed E-state index contributed by atoms with van der Waals surface area (Å²) in [6, 6.07) is 13.2. The molecule has 6 heteroatoms. The number of carbonyl (C=O) groups is 1. The summed E-state index contributed by atoms with van der Waals surface area (Å²) in [6.07, 6.45) is 0. The second kappa shape index (κ2) is 5.83. The topological polar surface area (TPSA) is 87.8 Å². The van der Waals surface area contributed by atoms with Crippen LogP contribution >= 0.6 is 0 Å². The van der Waals surface area contributed by atoms with Crippen molar-refractivity contribution in [1.29, 1.82) is 0 Å². The number of para-hydroxylation sites is 2. The zero-order valence-electron chi connectivity index (χ0n) is 10.8. The van der Waals surface area contributed by atoms with Gasteiger partial charge in [0.1, 0.15) is 5.56 Å². The van der Waals surface area contributed by atoms with Gasteiger partial charge >= 0.3 is 5.97 Å². The van der Waals surface area contributed by atoms with Crippen molar-refractivity contribution in [2.24, 2.45) is 5.22 Å². The number of carboxylic acids is 1. The lowest BCUT2D eigenvalue weighted by molar-refractivity contribution is -0.440. The summed E-state index contributed by atoms with van der Waals surface area (Å²) >= 11 is 0. The quantitative estimate of drug-likeness (QED) is 0.507. The monoisotopic (exact) mass is 271 g/mol. The maximum absolute atomic E-state index is 11.9. The Labute approximate surface area is 115 Å². The van der Waals surface area contributed by atoms with Gasteiger partial charge in [-0.15, -0.1) is 10.3 Å². The Morgan fingerprint density at radius 1 is 1.20 bits per heavy atom. The minimum absolute atomic E-state index is 0.0504. The Kier molecular flexibility index (Phi) is 3.95. The Bertz CT molecular complexity index is 668. The Hall–Kier alpha value is -2.89. The van der Waals surface area contributed by atoms with Gasteiger partial charge in [-0.05, 0) is 30.7 Å². The molecule has 2 rings (SSSR count). The molecular formula is C14H13N3O3. The maximum Gasteiger partial charge on any atom is 0.340 e. The molecular weight excluding hydrogens is 258 g/mol. The Balaban J connectivity index is 2.26. The first kappa shape index (κ1) is 13.5. The van der Waals surface area contributed by atoms with Crippen molar-refractivity contribution < 1.29 is 14.8 Å². The number of nitrogens with one attached hydrogen (secondary N) is 1. The van der Waals surface area contributed by atoms with E-state index in [-0.39, 0.29) is 11.3 Å². The summed E-state index contributed by atoms with van der Waals surface area (Å²) < 4.78 is 0. The molecule has 6 nitrogen and oxygen atoms in total. The van der Waals surface area contributed by atoms with Crippen molar-refractivity contribution in [3.8, 4) is 0 Å². The van der Waals surface area contributed by atoms with Gasteiger partial charge < -0.3 is 10.3 Å². The molecule has 0 bridgehead atoms. The lowest BCUT2D eigenvalue weighted by atomic mass is 10.2. The van der Waals surface area contributed by atoms with Crippen LogP contribution in [-0.4, -0.2) is 15.9 Å². The molecule has 0 radical (unpaired) electrons. The first-order chi connectivity index (χ1) is 9.59. The molecule has 20 heavy (non-hydrogen) atoms. The number of benzene rings is 2. The van der Waals surface area contributed by atoms with Crippen LogP contribution < -0.4 is 5.43 Å². The molecule has 0 unspecified atom stereocenters. The van der Waals surface area contributed by atoms with E-state index in [0.717, 1.165) is 5.56 Å². The van der Waals surface area contributed by atoms with Crippen LogP contribution in [0.4, 0.5) is 11.4 Å². The molecule has 0 saturated heterocycles. The van der Waals surface area contributed by atoms with E-state index in [0.29, 0.717) is 10.5 Å². The molecule has 0 aromatic heterocycles. The van der Waals surface area contributed by atoms with E-state index in [1.807, 2.05) is 6.07 Å². The molecule has 2 aromatic rings. The third kappa shape index (κ3) is 2.92. The van der Waals surface area contributed by atoms with Gasteiger partial charge in [-0.1, -0.05) is 30.3 Å². The number of nitrogens with zero attached hydrogens (tertiary/aromatic N) is 2. The highest BCUT2D eigenvalue weighted by molar-refractivity contribution is 5.94. The number of aromatic carboxylic acids is 1. The average Bonchev–Trinajstić information content (AvgIpc) is 2.45. The van der Waals surface area contributed by atoms with Crippen molar-refractivity contribution in [3.05, 3.63) is 64.9 Å². The highest BCUT2D eigenvalue weighted by Gasteiger charge is 2.12. The van der Waals surface area contributed by atoms with Gasteiger partial charge in [-0.25, -0.2) is 4.79 Å². The van der Waals surface area contributed by atoms with Crippen molar-refractivity contribution in [2.75, 3.05) is 5.43 Å². The molecule has 0 aliphatic carbocycles. The summed E-state index contributed by atoms with van der Waals surface area (Å²) in [5.74, 6) is -1.09. The second-order valence-electron chi connectivity index (χ2n) is 4.12. The molecule has 0 saturated carbocycles. The predicted octanol–water partition coefficient (Wildman–Crippen LogP) is 3.31. The van der Waals surface area contributed by atoms with Gasteiger partial charge in [0.15, 0.2) is 11.4 Å². The van der Waals surface area contributed by atoms with Crippen molar-refractivity contribution in [1.82, 2.24) is 0 Å². The Morgan fingerprint density at radius 3 is 2.55 bits per heavy atom. The standard InChI is InChI=1S/C14H13N3O3/c1-10-6-2-5-9-13(10)17(20)16-15-12-8-4-3-7-11(12)14(18)19/h2-9,15H,1H3,(H,18,19). The van der Waals surface area contributed by atoms with Crippen molar-refractivity contribution in [3.63, 3.8) is 0 Å². The molecule has 0 spiro atoms. The van der Waals surface area contributed by atoms with Crippen LogP contribution in [0.5, 0.6) is 0 Å². The van der Waals surface area contributed by atoms with E-state index in [1.165, 1.54) is 6.07 Å². The molecule has 2 N–H and O–H groups in total. The largest absolute Gasteiger partial charge is 0.691 e. The number of hydrogen-bond acceptors (Lipinski definition) is 3. The molecule has 102 valence electrons. The lowest BCUT2D eigenvalue weighted by Crippen LogP contribution is -2.04. The van der Waals surface area contributed by atoms with E-state index < -0.39 is 5.97 Å². The van der Waals surface area contributed by atoms with Crippen LogP contribution in [0.15, 0.2) is 53.8 Å². The van der Waals surface area contributed by atoms with E-state index in [2.05, 4.69) is 10.6 Å². The smallest absolute Gasteiger partial charge is 0.340 e. The van der Waals surface area contributed by atoms with E-state index in [9.17, 15) is 10.0 Å². The third-order valence-electron chi connectivity index (χ3n) is 2.74. The number of aryl methyl sites for hydroxylation is 1. The van der Waals surface area contributed by atoms with Gasteiger partial charge in [-0.2, -0.15) is 0 Å². The fourth-order valence-corrected chi connectivity index (χ4v) is 1.70. The van der Waals surface area contributed by atoms with Gasteiger partial charge in [0.25, 0.3) is 0 Å². The van der Waals surface area contributed by atoms with Crippen LogP contribution in [0.25, 0.3) is 0 Å². The summed E-state index contributed by atoms with van der Waals surface area (Å²) in [4.78, 5) is 11.4. The van der Waals surface area contributed by atoms with Crippen LogP contribution in [0.2, 0.25) is 0 Å². The SMILES string of the molecule is Cc1ccccc1[N+]([O-])=NNc1ccccc1C(=O)O. The highest BCUT2D eigenvalue weighted by atomic mass is 16.5. The van der Waals surface area contributed by atoms with Crippen LogP contribution in [0, 0.1) is 12.1 Å². The Morgan fingerprint density at radius 2 is 1.85 bits per heavy atom. The van der Waals surface area contributed by atoms with E-state index >= 15 is 0 Å². The van der Waals surface area contributed by atoms with Crippen molar-refractivity contribution in [2.45, 2.75) is 6.92 Å². The van der Waals surface area contributed by atoms with Crippen LogP contribution in [0.1, 0.15) is 15.9 Å². The van der Waals surface area contributed by atoms with E-state index in [4.69, 9.17) is 5.11 Å². The average molecular weight is 271 g/mol. The molecule has 0 heterocycles. The number of carboxylic acid groups (broad SMARTS) is 1. The summed E-state index contributed by atoms with van der Waals surface area (Å²) in [6.45, 7) is 1.79. The van der Waals surface area contributed by atoms with Gasteiger partial charge in [0.05, 0.1) is 5.22 Å². The van der Waals surface area contributed by atoms with Crippen LogP contribution in [0.3, 0.4) is 0 Å². The first-order valence-corrected chi connectivity index (χ1v) is 5.91. The molecule has 0 atom stereocenters. The molecule has 0 aliphatic rings. The second-order valence-corrected chi connectivity index (χ2v) is 4.12. The predicted molar refractivity (Wildman–Crippen MR) is 73.9 cm³/mol. The van der Waals surface area contributed by atoms with Crippen molar-refractivity contribution >= 4 is 17.3 Å². The summed E-state index contributed by atoms with van der Waals surface area (Å²) in [7, 11) is 0. The van der Waals surface area contributed by atoms with Gasteiger partial charge in [0, 0.05) is 0 Å². The highest BCUT2D eigenvalue weighted by Crippen LogP contribution is 2.18. The minimum atomic E-state index is -1.09. The normalized spacial score (nSPS) is 11.2. The van der Waals surface area contributed by atoms with Gasteiger partial charge in [-0.3, -0.25) is 0 Å². The molecule has 0 amide bonds. The fraction of sp³-hybridized carbons (Fsp3) is 0.0714. The molecule has 0 aliphatic heterocycles. The zero-order chi connectivity index (χ0) is 14.5.